The Bertz CT molecular complexity index is 1590. The van der Waals surface area contributed by atoms with Gasteiger partial charge in [-0.05, 0) is 68.4 Å². The molecule has 2 fully saturated rings. The molecule has 2 aliphatic rings. The van der Waals surface area contributed by atoms with Crippen molar-refractivity contribution in [3.63, 3.8) is 0 Å². The first-order chi connectivity index (χ1) is 18.5. The average Bonchev–Trinajstić information content (AvgIpc) is 3.43. The topological polar surface area (TPSA) is 69.2 Å². The van der Waals surface area contributed by atoms with E-state index in [1.54, 1.807) is 35.9 Å². The number of rotatable bonds is 7. The van der Waals surface area contributed by atoms with E-state index in [0.29, 0.717) is 29.7 Å². The number of benzene rings is 1. The van der Waals surface area contributed by atoms with Gasteiger partial charge in [0, 0.05) is 36.9 Å². The van der Waals surface area contributed by atoms with E-state index in [2.05, 4.69) is 22.4 Å². The van der Waals surface area contributed by atoms with E-state index in [1.165, 1.54) is 23.3 Å². The van der Waals surface area contributed by atoms with E-state index in [9.17, 15) is 18.0 Å². The number of imidazole rings is 1. The number of aryl methyl sites for hydroxylation is 1. The van der Waals surface area contributed by atoms with Gasteiger partial charge in [-0.15, -0.1) is 10.2 Å². The summed E-state index contributed by atoms with van der Waals surface area (Å²) in [5, 5.41) is 11.1. The first kappa shape index (κ1) is 25.8. The maximum Gasteiger partial charge on any atom is 0.418 e. The molecule has 1 N–H and O–H groups in total. The van der Waals surface area contributed by atoms with Crippen LogP contribution >= 0.6 is 0 Å². The zero-order chi connectivity index (χ0) is 27.6. The molecule has 206 valence electrons. The lowest BCUT2D eigenvalue weighted by molar-refractivity contribution is -0.136. The van der Waals surface area contributed by atoms with Crippen LogP contribution in [0.3, 0.4) is 0 Å². The smallest absolute Gasteiger partial charge is 0.318 e. The molecule has 39 heavy (non-hydrogen) atoms. The number of fused-ring (bicyclic) bond motifs is 1. The van der Waals surface area contributed by atoms with Gasteiger partial charge in [-0.3, -0.25) is 8.97 Å². The highest BCUT2D eigenvalue weighted by Crippen LogP contribution is 2.53. The molecule has 0 radical (unpaired) electrons. The molecule has 0 amide bonds. The Kier molecular flexibility index (Phi) is 5.98. The summed E-state index contributed by atoms with van der Waals surface area (Å²) in [5.74, 6) is 0.221. The van der Waals surface area contributed by atoms with Crippen LogP contribution in [0.4, 0.5) is 17.6 Å². The van der Waals surface area contributed by atoms with Gasteiger partial charge < -0.3 is 9.88 Å². The highest BCUT2D eigenvalue weighted by Gasteiger charge is 2.48. The second-order valence-corrected chi connectivity index (χ2v) is 11.3. The minimum absolute atomic E-state index is 0.0958. The van der Waals surface area contributed by atoms with Crippen molar-refractivity contribution in [3.8, 4) is 5.69 Å². The lowest BCUT2D eigenvalue weighted by atomic mass is 9.61. The van der Waals surface area contributed by atoms with Gasteiger partial charge in [0.25, 0.3) is 0 Å². The molecular weight excluding hydrogens is 512 g/mol. The number of alkyl halides is 4. The molecule has 1 atom stereocenters. The highest BCUT2D eigenvalue weighted by atomic mass is 19.4. The van der Waals surface area contributed by atoms with Crippen LogP contribution in [0.25, 0.3) is 11.2 Å². The van der Waals surface area contributed by atoms with E-state index in [1.807, 2.05) is 0 Å². The number of hydrogen-bond acceptors (Lipinski definition) is 4. The lowest BCUT2D eigenvalue weighted by Gasteiger charge is -2.44. The highest BCUT2D eigenvalue weighted by molar-refractivity contribution is 5.58. The maximum atomic E-state index is 15.9. The van der Waals surface area contributed by atoms with Crippen molar-refractivity contribution in [1.29, 1.82) is 0 Å². The number of hydrogen-bond donors (Lipinski definition) is 1. The number of aromatic nitrogens is 5. The van der Waals surface area contributed by atoms with Crippen LogP contribution in [0.5, 0.6) is 0 Å². The molecule has 1 unspecified atom stereocenters. The fraction of sp³-hybridized carbons (Fsp3) is 0.464. The van der Waals surface area contributed by atoms with Crippen LogP contribution in [0.2, 0.25) is 0 Å². The van der Waals surface area contributed by atoms with Crippen molar-refractivity contribution in [2.24, 2.45) is 7.05 Å². The second-order valence-electron chi connectivity index (χ2n) is 11.3. The normalized spacial score (nSPS) is 19.0. The molecule has 2 aliphatic carbocycles. The molecule has 1 aromatic carbocycles. The first-order valence-electron chi connectivity index (χ1n) is 13.2. The Labute approximate surface area is 222 Å². The number of nitrogens with one attached hydrogen (secondary N) is 1. The predicted octanol–water partition coefficient (Wildman–Crippen LogP) is 5.40. The van der Waals surface area contributed by atoms with Crippen molar-refractivity contribution in [1.82, 2.24) is 29.0 Å². The third-order valence-electron chi connectivity index (χ3n) is 8.71. The zero-order valence-corrected chi connectivity index (χ0v) is 21.8. The number of nitrogens with zero attached hydrogens (tertiary/aromatic N) is 5. The molecular formula is C28H30F4N6O. The summed E-state index contributed by atoms with van der Waals surface area (Å²) in [7, 11) is 1.69. The molecule has 0 aliphatic heterocycles. The maximum absolute atomic E-state index is 15.9. The summed E-state index contributed by atoms with van der Waals surface area (Å²) in [6, 6.07) is 7.98. The van der Waals surface area contributed by atoms with Crippen molar-refractivity contribution < 1.29 is 17.6 Å². The van der Waals surface area contributed by atoms with Crippen molar-refractivity contribution in [3.05, 3.63) is 82.1 Å². The van der Waals surface area contributed by atoms with Crippen molar-refractivity contribution in [2.45, 2.75) is 75.3 Å². The van der Waals surface area contributed by atoms with Gasteiger partial charge in [0.1, 0.15) is 6.33 Å². The average molecular weight is 543 g/mol. The Hall–Kier alpha value is -3.47. The van der Waals surface area contributed by atoms with Crippen LogP contribution in [-0.2, 0) is 25.2 Å². The molecule has 0 saturated heterocycles. The largest absolute Gasteiger partial charge is 0.418 e. The SMILES string of the molecule is Cn1cnnc1C(F)C1(c2cccc(-n3cc4c(C(F)(F)F)cc(CNC5(C)CCC5)cn4c3=O)c2)CCC1. The van der Waals surface area contributed by atoms with Gasteiger partial charge in [0.2, 0.25) is 0 Å². The fourth-order valence-electron chi connectivity index (χ4n) is 5.93. The molecule has 11 heteroatoms. The molecule has 7 nitrogen and oxygen atoms in total. The summed E-state index contributed by atoms with van der Waals surface area (Å²) in [5.41, 5.74) is -1.20. The summed E-state index contributed by atoms with van der Waals surface area (Å²) >= 11 is 0. The number of halogens is 4. The molecule has 0 bridgehead atoms. The van der Waals surface area contributed by atoms with Crippen LogP contribution in [0, 0.1) is 0 Å². The van der Waals surface area contributed by atoms with Crippen molar-refractivity contribution in [2.75, 3.05) is 0 Å². The van der Waals surface area contributed by atoms with Crippen LogP contribution in [0.1, 0.15) is 74.1 Å². The third-order valence-corrected chi connectivity index (χ3v) is 8.71. The summed E-state index contributed by atoms with van der Waals surface area (Å²) in [4.78, 5) is 13.5. The van der Waals surface area contributed by atoms with Crippen LogP contribution in [0.15, 0.2) is 53.8 Å². The zero-order valence-electron chi connectivity index (χ0n) is 21.8. The Morgan fingerprint density at radius 3 is 2.44 bits per heavy atom. The molecule has 3 heterocycles. The fourth-order valence-corrected chi connectivity index (χ4v) is 5.93. The molecule has 0 spiro atoms. The standard InChI is InChI=1S/C28H30F4N6O/c1-26(8-4-9-26)33-14-18-12-21(28(30,31)32)22-16-37(25(39)38(22)15-18)20-7-3-6-19(13-20)27(10-5-11-27)23(29)24-35-34-17-36(24)2/h3,6-7,12-13,15-17,23,33H,4-5,8-11,14H2,1-2H3. The van der Waals surface area contributed by atoms with Gasteiger partial charge in [-0.1, -0.05) is 18.6 Å². The van der Waals surface area contributed by atoms with Crippen LogP contribution in [-0.4, -0.2) is 29.3 Å². The van der Waals surface area contributed by atoms with Gasteiger partial charge in [-0.2, -0.15) is 13.2 Å². The summed E-state index contributed by atoms with van der Waals surface area (Å²) in [6.45, 7) is 2.28. The molecule has 2 saturated carbocycles. The van der Waals surface area contributed by atoms with Gasteiger partial charge in [-0.25, -0.2) is 9.18 Å². The van der Waals surface area contributed by atoms with Gasteiger partial charge >= 0.3 is 11.9 Å². The van der Waals surface area contributed by atoms with E-state index >= 15 is 4.39 Å². The molecule has 3 aromatic heterocycles. The second kappa shape index (κ2) is 9.04. The molecule has 6 rings (SSSR count). The Balaban J connectivity index is 1.41. The van der Waals surface area contributed by atoms with E-state index in [4.69, 9.17) is 0 Å². The summed E-state index contributed by atoms with van der Waals surface area (Å²) in [6.07, 6.45) is 3.11. The van der Waals surface area contributed by atoms with E-state index in [0.717, 1.165) is 36.2 Å². The van der Waals surface area contributed by atoms with Gasteiger partial charge in [0.05, 0.1) is 16.8 Å². The van der Waals surface area contributed by atoms with Crippen LogP contribution < -0.4 is 11.0 Å². The third kappa shape index (κ3) is 4.27. The molecule has 4 aromatic rings. The number of pyridine rings is 1. The monoisotopic (exact) mass is 542 g/mol. The minimum Gasteiger partial charge on any atom is -0.318 e. The quantitative estimate of drug-likeness (QED) is 0.318. The minimum atomic E-state index is -4.64. The van der Waals surface area contributed by atoms with E-state index < -0.39 is 29.0 Å². The first-order valence-corrected chi connectivity index (χ1v) is 13.2. The van der Waals surface area contributed by atoms with Gasteiger partial charge in [0.15, 0.2) is 12.0 Å². The van der Waals surface area contributed by atoms with Crippen molar-refractivity contribution >= 4 is 5.52 Å². The predicted molar refractivity (Wildman–Crippen MR) is 137 cm³/mol. The Morgan fingerprint density at radius 1 is 1.10 bits per heavy atom. The lowest BCUT2D eigenvalue weighted by Crippen LogP contribution is -2.47. The Morgan fingerprint density at radius 2 is 1.85 bits per heavy atom. The van der Waals surface area contributed by atoms with E-state index in [-0.39, 0.29) is 23.4 Å². The summed E-state index contributed by atoms with van der Waals surface area (Å²) < 4.78 is 62.1.